The van der Waals surface area contributed by atoms with Crippen molar-refractivity contribution in [2.24, 2.45) is 5.73 Å². The van der Waals surface area contributed by atoms with E-state index in [0.717, 1.165) is 33.8 Å². The Balaban J connectivity index is 2.69. The number of nitrogens with one attached hydrogen (secondary N) is 1. The predicted octanol–water partition coefficient (Wildman–Crippen LogP) is 2.47. The van der Waals surface area contributed by atoms with Gasteiger partial charge in [-0.2, -0.15) is 5.10 Å². The van der Waals surface area contributed by atoms with Gasteiger partial charge in [-0.05, 0) is 38.0 Å². The molecule has 2 rings (SSSR count). The molecule has 2 aromatic rings. The molecule has 0 amide bonds. The minimum atomic E-state index is 0.466. The van der Waals surface area contributed by atoms with Crippen molar-refractivity contribution in [3.05, 3.63) is 34.5 Å². The molecule has 0 fully saturated rings. The van der Waals surface area contributed by atoms with Gasteiger partial charge in [0.15, 0.2) is 0 Å². The fourth-order valence-electron chi connectivity index (χ4n) is 2.33. The normalized spacial score (nSPS) is 10.7. The van der Waals surface area contributed by atoms with Crippen LogP contribution in [0.15, 0.2) is 12.1 Å². The molecule has 18 heavy (non-hydrogen) atoms. The SMILES string of the molecule is COc1c(C)cc(C)cc1-c1n[nH]c(C)c1CN. The molecule has 3 N–H and O–H groups in total. The molecule has 1 aromatic carbocycles. The molecule has 0 radical (unpaired) electrons. The smallest absolute Gasteiger partial charge is 0.131 e. The first kappa shape index (κ1) is 12.6. The van der Waals surface area contributed by atoms with Gasteiger partial charge in [0.05, 0.1) is 7.11 Å². The summed E-state index contributed by atoms with van der Waals surface area (Å²) in [6.07, 6.45) is 0. The minimum absolute atomic E-state index is 0.466. The van der Waals surface area contributed by atoms with Gasteiger partial charge in [-0.3, -0.25) is 5.10 Å². The Morgan fingerprint density at radius 1 is 1.28 bits per heavy atom. The lowest BCUT2D eigenvalue weighted by Gasteiger charge is -2.12. The third kappa shape index (κ3) is 1.99. The van der Waals surface area contributed by atoms with Crippen LogP contribution in [0.5, 0.6) is 5.75 Å². The Morgan fingerprint density at radius 3 is 2.61 bits per heavy atom. The zero-order valence-corrected chi connectivity index (χ0v) is 11.3. The highest BCUT2D eigenvalue weighted by Crippen LogP contribution is 2.35. The lowest BCUT2D eigenvalue weighted by Crippen LogP contribution is -2.00. The van der Waals surface area contributed by atoms with E-state index in [-0.39, 0.29) is 0 Å². The molecule has 1 aromatic heterocycles. The molecule has 1 heterocycles. The van der Waals surface area contributed by atoms with Gasteiger partial charge in [-0.15, -0.1) is 0 Å². The number of H-pyrrole nitrogens is 1. The summed E-state index contributed by atoms with van der Waals surface area (Å²) in [6, 6.07) is 4.19. The molecule has 4 nitrogen and oxygen atoms in total. The van der Waals surface area contributed by atoms with Crippen LogP contribution >= 0.6 is 0 Å². The molecule has 0 aliphatic heterocycles. The number of ether oxygens (including phenoxy) is 1. The van der Waals surface area contributed by atoms with Crippen molar-refractivity contribution in [2.45, 2.75) is 27.3 Å². The van der Waals surface area contributed by atoms with Crippen molar-refractivity contribution in [2.75, 3.05) is 7.11 Å². The molecule has 0 atom stereocenters. The fourth-order valence-corrected chi connectivity index (χ4v) is 2.33. The summed E-state index contributed by atoms with van der Waals surface area (Å²) in [5.74, 6) is 0.863. The molecule has 4 heteroatoms. The average Bonchev–Trinajstić information content (AvgIpc) is 2.69. The van der Waals surface area contributed by atoms with Gasteiger partial charge in [0.1, 0.15) is 11.4 Å². The van der Waals surface area contributed by atoms with Crippen LogP contribution in [-0.4, -0.2) is 17.3 Å². The quantitative estimate of drug-likeness (QED) is 0.873. The monoisotopic (exact) mass is 245 g/mol. The van der Waals surface area contributed by atoms with Crippen LogP contribution < -0.4 is 10.5 Å². The minimum Gasteiger partial charge on any atom is -0.496 e. The van der Waals surface area contributed by atoms with Crippen LogP contribution in [0.25, 0.3) is 11.3 Å². The summed E-state index contributed by atoms with van der Waals surface area (Å²) >= 11 is 0. The Hall–Kier alpha value is -1.81. The van der Waals surface area contributed by atoms with Crippen LogP contribution in [0, 0.1) is 20.8 Å². The molecular formula is C14H19N3O. The molecule has 0 saturated carbocycles. The van der Waals surface area contributed by atoms with Crippen molar-refractivity contribution >= 4 is 0 Å². The van der Waals surface area contributed by atoms with E-state index in [1.165, 1.54) is 5.56 Å². The van der Waals surface area contributed by atoms with E-state index in [1.807, 2.05) is 13.8 Å². The van der Waals surface area contributed by atoms with Gasteiger partial charge in [-0.1, -0.05) is 6.07 Å². The standard InChI is InChI=1S/C14H19N3O/c1-8-5-9(2)14(18-4)11(6-8)13-12(7-15)10(3)16-17-13/h5-6H,7,15H2,1-4H3,(H,16,17). The number of rotatable bonds is 3. The van der Waals surface area contributed by atoms with Crippen molar-refractivity contribution in [1.29, 1.82) is 0 Å². The number of aromatic amines is 1. The highest BCUT2D eigenvalue weighted by molar-refractivity contribution is 5.73. The second-order valence-corrected chi connectivity index (χ2v) is 4.54. The summed E-state index contributed by atoms with van der Waals surface area (Å²) in [5, 5.41) is 7.35. The Kier molecular flexibility index (Phi) is 3.39. The number of nitrogens with zero attached hydrogens (tertiary/aromatic N) is 1. The first-order valence-electron chi connectivity index (χ1n) is 5.98. The fraction of sp³-hybridized carbons (Fsp3) is 0.357. The van der Waals surface area contributed by atoms with E-state index in [9.17, 15) is 0 Å². The maximum absolute atomic E-state index is 5.80. The maximum atomic E-state index is 5.80. The van der Waals surface area contributed by atoms with E-state index >= 15 is 0 Å². The number of methoxy groups -OCH3 is 1. The lowest BCUT2D eigenvalue weighted by atomic mass is 10.00. The molecule has 96 valence electrons. The first-order valence-corrected chi connectivity index (χ1v) is 5.98. The van der Waals surface area contributed by atoms with Gasteiger partial charge < -0.3 is 10.5 Å². The second-order valence-electron chi connectivity index (χ2n) is 4.54. The molecule has 0 spiro atoms. The number of nitrogens with two attached hydrogens (primary N) is 1. The van der Waals surface area contributed by atoms with Gasteiger partial charge in [-0.25, -0.2) is 0 Å². The second kappa shape index (κ2) is 4.82. The molecule has 0 aliphatic rings. The summed E-state index contributed by atoms with van der Waals surface area (Å²) < 4.78 is 5.50. The third-order valence-electron chi connectivity index (χ3n) is 3.16. The van der Waals surface area contributed by atoms with Gasteiger partial charge in [0, 0.05) is 23.4 Å². The van der Waals surface area contributed by atoms with Crippen LogP contribution in [0.2, 0.25) is 0 Å². The summed E-state index contributed by atoms with van der Waals surface area (Å²) in [4.78, 5) is 0. The molecule has 0 bridgehead atoms. The first-order chi connectivity index (χ1) is 8.58. The summed E-state index contributed by atoms with van der Waals surface area (Å²) in [7, 11) is 1.68. The van der Waals surface area contributed by atoms with Gasteiger partial charge >= 0.3 is 0 Å². The van der Waals surface area contributed by atoms with E-state index in [1.54, 1.807) is 7.11 Å². The zero-order valence-electron chi connectivity index (χ0n) is 11.3. The Labute approximate surface area is 107 Å². The summed E-state index contributed by atoms with van der Waals surface area (Å²) in [6.45, 7) is 6.55. The molecule has 0 unspecified atom stereocenters. The largest absolute Gasteiger partial charge is 0.496 e. The number of benzene rings is 1. The van der Waals surface area contributed by atoms with Crippen molar-refractivity contribution in [1.82, 2.24) is 10.2 Å². The molecular weight excluding hydrogens is 226 g/mol. The highest BCUT2D eigenvalue weighted by atomic mass is 16.5. The average molecular weight is 245 g/mol. The Morgan fingerprint density at radius 2 is 2.00 bits per heavy atom. The van der Waals surface area contributed by atoms with E-state index < -0.39 is 0 Å². The van der Waals surface area contributed by atoms with Gasteiger partial charge in [0.2, 0.25) is 0 Å². The third-order valence-corrected chi connectivity index (χ3v) is 3.16. The van der Waals surface area contributed by atoms with Crippen molar-refractivity contribution in [3.63, 3.8) is 0 Å². The van der Waals surface area contributed by atoms with Crippen LogP contribution in [-0.2, 0) is 6.54 Å². The molecule has 0 aliphatic carbocycles. The Bertz CT molecular complexity index is 573. The van der Waals surface area contributed by atoms with E-state index in [4.69, 9.17) is 10.5 Å². The van der Waals surface area contributed by atoms with E-state index in [0.29, 0.717) is 6.54 Å². The predicted molar refractivity (Wildman–Crippen MR) is 72.7 cm³/mol. The zero-order chi connectivity index (χ0) is 13.3. The van der Waals surface area contributed by atoms with Crippen molar-refractivity contribution < 1.29 is 4.74 Å². The molecule has 0 saturated heterocycles. The summed E-state index contributed by atoms with van der Waals surface area (Å²) in [5.41, 5.74) is 12.0. The number of hydrogen-bond acceptors (Lipinski definition) is 3. The van der Waals surface area contributed by atoms with Crippen molar-refractivity contribution in [3.8, 4) is 17.0 Å². The topological polar surface area (TPSA) is 63.9 Å². The van der Waals surface area contributed by atoms with Crippen LogP contribution in [0.4, 0.5) is 0 Å². The number of hydrogen-bond donors (Lipinski definition) is 2. The van der Waals surface area contributed by atoms with Crippen LogP contribution in [0.3, 0.4) is 0 Å². The van der Waals surface area contributed by atoms with Crippen LogP contribution in [0.1, 0.15) is 22.4 Å². The lowest BCUT2D eigenvalue weighted by molar-refractivity contribution is 0.413. The number of aromatic nitrogens is 2. The number of aryl methyl sites for hydroxylation is 3. The van der Waals surface area contributed by atoms with Gasteiger partial charge in [0.25, 0.3) is 0 Å². The van der Waals surface area contributed by atoms with E-state index in [2.05, 4.69) is 29.3 Å². The maximum Gasteiger partial charge on any atom is 0.131 e. The highest BCUT2D eigenvalue weighted by Gasteiger charge is 2.16.